The lowest BCUT2D eigenvalue weighted by molar-refractivity contribution is -0.148. The van der Waals surface area contributed by atoms with Crippen molar-refractivity contribution in [3.8, 4) is 11.5 Å². The van der Waals surface area contributed by atoms with E-state index in [4.69, 9.17) is 14.2 Å². The first-order valence-corrected chi connectivity index (χ1v) is 8.83. The van der Waals surface area contributed by atoms with Crippen LogP contribution in [0.25, 0.3) is 6.08 Å². The molecule has 0 spiro atoms. The highest BCUT2D eigenvalue weighted by Gasteiger charge is 2.18. The van der Waals surface area contributed by atoms with Crippen LogP contribution in [0.3, 0.4) is 0 Å². The number of rotatable bonds is 7. The van der Waals surface area contributed by atoms with Crippen molar-refractivity contribution in [2.45, 2.75) is 26.9 Å². The fraction of sp³-hybridized carbons (Fsp3) is 0.273. The highest BCUT2D eigenvalue weighted by molar-refractivity contribution is 5.97. The number of para-hydroxylation sites is 1. The summed E-state index contributed by atoms with van der Waals surface area (Å²) < 4.78 is 15.6. The van der Waals surface area contributed by atoms with Gasteiger partial charge in [0.05, 0.1) is 14.2 Å². The van der Waals surface area contributed by atoms with Crippen molar-refractivity contribution >= 4 is 23.6 Å². The largest absolute Gasteiger partial charge is 0.497 e. The summed E-state index contributed by atoms with van der Waals surface area (Å²) >= 11 is 0. The predicted molar refractivity (Wildman–Crippen MR) is 109 cm³/mol. The number of ether oxygens (including phenoxy) is 3. The lowest BCUT2D eigenvalue weighted by Gasteiger charge is -2.15. The summed E-state index contributed by atoms with van der Waals surface area (Å²) in [4.78, 5) is 24.4. The van der Waals surface area contributed by atoms with E-state index in [0.717, 1.165) is 16.8 Å². The first kappa shape index (κ1) is 21.0. The lowest BCUT2D eigenvalue weighted by atomic mass is 10.1. The van der Waals surface area contributed by atoms with E-state index in [-0.39, 0.29) is 5.91 Å². The number of anilines is 1. The van der Waals surface area contributed by atoms with E-state index < -0.39 is 12.1 Å². The van der Waals surface area contributed by atoms with Crippen LogP contribution in [0.4, 0.5) is 5.69 Å². The van der Waals surface area contributed by atoms with Crippen molar-refractivity contribution in [3.05, 3.63) is 59.2 Å². The van der Waals surface area contributed by atoms with E-state index in [1.165, 1.54) is 13.0 Å². The maximum atomic E-state index is 12.3. The molecule has 1 N–H and O–H groups in total. The first-order chi connectivity index (χ1) is 13.3. The Morgan fingerprint density at radius 1 is 1.00 bits per heavy atom. The second-order valence-electron chi connectivity index (χ2n) is 6.31. The number of amides is 1. The molecule has 0 saturated heterocycles. The number of esters is 1. The van der Waals surface area contributed by atoms with E-state index >= 15 is 0 Å². The highest BCUT2D eigenvalue weighted by atomic mass is 16.5. The Morgan fingerprint density at radius 2 is 1.57 bits per heavy atom. The molecule has 0 aliphatic heterocycles. The standard InChI is InChI=1S/C22H25NO5/c1-14-7-6-8-15(2)21(14)23-22(25)16(3)28-20(24)10-9-17-11-18(26-4)13-19(12-17)27-5/h6-13,16H,1-5H3,(H,23,25)/b10-9+/t16-/m1/s1. The van der Waals surface area contributed by atoms with Crippen molar-refractivity contribution in [2.24, 2.45) is 0 Å². The van der Waals surface area contributed by atoms with Crippen LogP contribution in [0.15, 0.2) is 42.5 Å². The van der Waals surface area contributed by atoms with E-state index in [0.29, 0.717) is 17.1 Å². The van der Waals surface area contributed by atoms with Gasteiger partial charge in [0.2, 0.25) is 0 Å². The molecule has 2 rings (SSSR count). The lowest BCUT2D eigenvalue weighted by Crippen LogP contribution is -2.30. The average Bonchev–Trinajstić information content (AvgIpc) is 2.68. The summed E-state index contributed by atoms with van der Waals surface area (Å²) in [5.41, 5.74) is 3.33. The minimum Gasteiger partial charge on any atom is -0.497 e. The molecule has 2 aromatic rings. The molecule has 2 aromatic carbocycles. The van der Waals surface area contributed by atoms with Crippen LogP contribution in [0.2, 0.25) is 0 Å². The molecule has 0 aliphatic carbocycles. The van der Waals surface area contributed by atoms with Crippen LogP contribution in [0, 0.1) is 13.8 Å². The van der Waals surface area contributed by atoms with E-state index in [2.05, 4.69) is 5.32 Å². The summed E-state index contributed by atoms with van der Waals surface area (Å²) in [5, 5.41) is 2.81. The van der Waals surface area contributed by atoms with Gasteiger partial charge in [0.15, 0.2) is 6.10 Å². The molecule has 6 heteroatoms. The Kier molecular flexibility index (Phi) is 7.21. The smallest absolute Gasteiger partial charge is 0.331 e. The fourth-order valence-electron chi connectivity index (χ4n) is 2.59. The number of nitrogens with one attached hydrogen (secondary N) is 1. The van der Waals surface area contributed by atoms with Crippen LogP contribution < -0.4 is 14.8 Å². The minimum atomic E-state index is -0.934. The summed E-state index contributed by atoms with van der Waals surface area (Å²) in [6.45, 7) is 5.35. The normalized spacial score (nSPS) is 11.8. The van der Waals surface area contributed by atoms with Gasteiger partial charge in [-0.05, 0) is 55.7 Å². The van der Waals surface area contributed by atoms with Gasteiger partial charge in [-0.1, -0.05) is 18.2 Å². The number of hydrogen-bond donors (Lipinski definition) is 1. The van der Waals surface area contributed by atoms with Crippen LogP contribution in [0.5, 0.6) is 11.5 Å². The molecule has 0 heterocycles. The quantitative estimate of drug-likeness (QED) is 0.580. The monoisotopic (exact) mass is 383 g/mol. The molecule has 0 aromatic heterocycles. The molecule has 0 bridgehead atoms. The van der Waals surface area contributed by atoms with E-state index in [9.17, 15) is 9.59 Å². The maximum absolute atomic E-state index is 12.3. The molecule has 0 fully saturated rings. The zero-order valence-electron chi connectivity index (χ0n) is 16.7. The minimum absolute atomic E-state index is 0.387. The van der Waals surface area contributed by atoms with Crippen LogP contribution in [0.1, 0.15) is 23.6 Å². The van der Waals surface area contributed by atoms with Crippen molar-refractivity contribution < 1.29 is 23.8 Å². The van der Waals surface area contributed by atoms with Crippen molar-refractivity contribution in [3.63, 3.8) is 0 Å². The third-order valence-corrected chi connectivity index (χ3v) is 4.18. The highest BCUT2D eigenvalue weighted by Crippen LogP contribution is 2.23. The number of hydrogen-bond acceptors (Lipinski definition) is 5. The molecule has 148 valence electrons. The molecule has 0 radical (unpaired) electrons. The Balaban J connectivity index is 2.00. The fourth-order valence-corrected chi connectivity index (χ4v) is 2.59. The van der Waals surface area contributed by atoms with Crippen molar-refractivity contribution in [1.82, 2.24) is 0 Å². The summed E-state index contributed by atoms with van der Waals surface area (Å²) in [6.07, 6.45) is 1.90. The summed E-state index contributed by atoms with van der Waals surface area (Å²) in [7, 11) is 3.10. The zero-order valence-corrected chi connectivity index (χ0v) is 16.7. The zero-order chi connectivity index (χ0) is 20.7. The first-order valence-electron chi connectivity index (χ1n) is 8.83. The number of aryl methyl sites for hydroxylation is 2. The molecule has 0 unspecified atom stereocenters. The molecule has 0 aliphatic rings. The Labute approximate surface area is 165 Å². The Morgan fingerprint density at radius 3 is 2.11 bits per heavy atom. The summed E-state index contributed by atoms with van der Waals surface area (Å²) in [6, 6.07) is 11.0. The second kappa shape index (κ2) is 9.60. The number of carbonyl (C=O) groups excluding carboxylic acids is 2. The number of methoxy groups -OCH3 is 2. The van der Waals surface area contributed by atoms with Gasteiger partial charge in [0, 0.05) is 17.8 Å². The van der Waals surface area contributed by atoms with Gasteiger partial charge in [-0.25, -0.2) is 4.79 Å². The van der Waals surface area contributed by atoms with Crippen LogP contribution in [-0.4, -0.2) is 32.2 Å². The Hall–Kier alpha value is -3.28. The third-order valence-electron chi connectivity index (χ3n) is 4.18. The van der Waals surface area contributed by atoms with Gasteiger partial charge in [-0.3, -0.25) is 4.79 Å². The van der Waals surface area contributed by atoms with Gasteiger partial charge >= 0.3 is 5.97 Å². The van der Waals surface area contributed by atoms with Crippen LogP contribution in [-0.2, 0) is 14.3 Å². The molecule has 1 amide bonds. The summed E-state index contributed by atoms with van der Waals surface area (Å²) in [5.74, 6) is 0.204. The second-order valence-corrected chi connectivity index (χ2v) is 6.31. The van der Waals surface area contributed by atoms with E-state index in [1.54, 1.807) is 38.5 Å². The molecule has 0 saturated carbocycles. The van der Waals surface area contributed by atoms with Gasteiger partial charge < -0.3 is 19.5 Å². The van der Waals surface area contributed by atoms with Crippen molar-refractivity contribution in [2.75, 3.05) is 19.5 Å². The molecular formula is C22H25NO5. The molecule has 6 nitrogen and oxygen atoms in total. The van der Waals surface area contributed by atoms with Gasteiger partial charge in [0.1, 0.15) is 11.5 Å². The SMILES string of the molecule is COc1cc(/C=C/C(=O)O[C@H](C)C(=O)Nc2c(C)cccc2C)cc(OC)c1. The number of carbonyl (C=O) groups is 2. The van der Waals surface area contributed by atoms with E-state index in [1.807, 2.05) is 32.0 Å². The third kappa shape index (κ3) is 5.61. The maximum Gasteiger partial charge on any atom is 0.331 e. The molecule has 1 atom stereocenters. The van der Waals surface area contributed by atoms with Gasteiger partial charge in [-0.15, -0.1) is 0 Å². The molecule has 28 heavy (non-hydrogen) atoms. The van der Waals surface area contributed by atoms with Gasteiger partial charge in [-0.2, -0.15) is 0 Å². The van der Waals surface area contributed by atoms with Gasteiger partial charge in [0.25, 0.3) is 5.91 Å². The average molecular weight is 383 g/mol. The van der Waals surface area contributed by atoms with Crippen LogP contribution >= 0.6 is 0 Å². The topological polar surface area (TPSA) is 73.9 Å². The molecular weight excluding hydrogens is 358 g/mol. The predicted octanol–water partition coefficient (Wildman–Crippen LogP) is 3.90. The van der Waals surface area contributed by atoms with Crippen molar-refractivity contribution in [1.29, 1.82) is 0 Å². The number of benzene rings is 2. The Bertz CT molecular complexity index is 846.